The van der Waals surface area contributed by atoms with E-state index < -0.39 is 11.7 Å². The number of ether oxygens (including phenoxy) is 1. The monoisotopic (exact) mass is 252 g/mol. The number of nitrogens with one attached hydrogen (secondary N) is 1. The summed E-state index contributed by atoms with van der Waals surface area (Å²) in [5.74, 6) is 0. The van der Waals surface area contributed by atoms with Crippen LogP contribution in [0, 0.1) is 0 Å². The molecule has 0 aromatic rings. The van der Waals surface area contributed by atoms with Gasteiger partial charge in [-0.1, -0.05) is 11.6 Å². The molecule has 5 nitrogen and oxygen atoms in total. The van der Waals surface area contributed by atoms with Crippen molar-refractivity contribution in [3.8, 4) is 0 Å². The molecule has 1 N–H and O–H groups in total. The number of amides is 1. The van der Waals surface area contributed by atoms with Crippen LogP contribution in [-0.2, 0) is 9.53 Å². The Kier molecular flexibility index (Phi) is 4.68. The van der Waals surface area contributed by atoms with E-state index in [0.717, 1.165) is 0 Å². The van der Waals surface area contributed by atoms with Crippen LogP contribution in [0.5, 0.6) is 0 Å². The number of isocyanates is 1. The first-order valence-corrected chi connectivity index (χ1v) is 6.04. The number of alkyl carbamates (subject to hydrolysis) is 1. The Bertz CT molecular complexity index is 390. The minimum atomic E-state index is -0.534. The molecule has 1 aliphatic carbocycles. The van der Waals surface area contributed by atoms with Gasteiger partial charge < -0.3 is 10.1 Å². The van der Waals surface area contributed by atoms with E-state index in [0.29, 0.717) is 12.8 Å². The van der Waals surface area contributed by atoms with Crippen molar-refractivity contribution in [1.82, 2.24) is 5.32 Å². The van der Waals surface area contributed by atoms with E-state index in [4.69, 9.17) is 4.74 Å². The first-order chi connectivity index (χ1) is 8.31. The van der Waals surface area contributed by atoms with Crippen molar-refractivity contribution in [1.29, 1.82) is 0 Å². The van der Waals surface area contributed by atoms with E-state index in [1.165, 1.54) is 5.57 Å². The molecule has 0 fully saturated rings. The second-order valence-corrected chi connectivity index (χ2v) is 5.53. The SMILES string of the molecule is CC1=CC[C@H](NC(=O)OC(C)(C)C)[C@@H](N=C=O)C1. The molecular weight excluding hydrogens is 232 g/mol. The Morgan fingerprint density at radius 3 is 2.78 bits per heavy atom. The van der Waals surface area contributed by atoms with Gasteiger partial charge in [0, 0.05) is 0 Å². The number of carbonyl (C=O) groups excluding carboxylic acids is 2. The Balaban J connectivity index is 2.64. The van der Waals surface area contributed by atoms with Crippen LogP contribution in [0.1, 0.15) is 40.5 Å². The third-order valence-electron chi connectivity index (χ3n) is 2.64. The number of hydrogen-bond donors (Lipinski definition) is 1. The van der Waals surface area contributed by atoms with Crippen molar-refractivity contribution in [3.63, 3.8) is 0 Å². The highest BCUT2D eigenvalue weighted by atomic mass is 16.6. The summed E-state index contributed by atoms with van der Waals surface area (Å²) < 4.78 is 5.18. The fourth-order valence-electron chi connectivity index (χ4n) is 1.86. The summed E-state index contributed by atoms with van der Waals surface area (Å²) in [6.45, 7) is 7.40. The van der Waals surface area contributed by atoms with Gasteiger partial charge in [-0.3, -0.25) is 0 Å². The van der Waals surface area contributed by atoms with Gasteiger partial charge in [0.25, 0.3) is 0 Å². The van der Waals surface area contributed by atoms with Crippen LogP contribution in [0.15, 0.2) is 16.6 Å². The lowest BCUT2D eigenvalue weighted by atomic mass is 9.91. The fraction of sp³-hybridized carbons (Fsp3) is 0.692. The minimum Gasteiger partial charge on any atom is -0.444 e. The molecule has 1 aliphatic rings. The lowest BCUT2D eigenvalue weighted by Crippen LogP contribution is -2.45. The number of aliphatic imine (C=N–C) groups is 1. The van der Waals surface area contributed by atoms with Gasteiger partial charge in [-0.2, -0.15) is 0 Å². The Morgan fingerprint density at radius 1 is 1.56 bits per heavy atom. The summed E-state index contributed by atoms with van der Waals surface area (Å²) in [5.41, 5.74) is 0.634. The summed E-state index contributed by atoms with van der Waals surface area (Å²) in [7, 11) is 0. The third kappa shape index (κ3) is 4.72. The van der Waals surface area contributed by atoms with Crippen LogP contribution in [0.4, 0.5) is 4.79 Å². The molecule has 5 heteroatoms. The van der Waals surface area contributed by atoms with Crippen LogP contribution in [0.2, 0.25) is 0 Å². The van der Waals surface area contributed by atoms with Crippen molar-refractivity contribution in [2.45, 2.75) is 58.2 Å². The van der Waals surface area contributed by atoms with Crippen LogP contribution in [0.25, 0.3) is 0 Å². The molecule has 0 bridgehead atoms. The standard InChI is InChI=1S/C13H20N2O3/c1-9-5-6-10(11(7-9)14-8-16)15-12(17)18-13(2,3)4/h5,10-11H,6-7H2,1-4H3,(H,15,17)/t10-,11-/m0/s1. The van der Waals surface area contributed by atoms with Crippen molar-refractivity contribution in [2.75, 3.05) is 0 Å². The van der Waals surface area contributed by atoms with E-state index in [1.54, 1.807) is 26.9 Å². The van der Waals surface area contributed by atoms with Crippen LogP contribution >= 0.6 is 0 Å². The molecular formula is C13H20N2O3. The molecule has 18 heavy (non-hydrogen) atoms. The number of carbonyl (C=O) groups is 1. The summed E-state index contributed by atoms with van der Waals surface area (Å²) in [4.78, 5) is 25.8. The highest BCUT2D eigenvalue weighted by molar-refractivity contribution is 5.68. The molecule has 2 atom stereocenters. The molecule has 0 spiro atoms. The van der Waals surface area contributed by atoms with Gasteiger partial charge in [-0.05, 0) is 40.5 Å². The van der Waals surface area contributed by atoms with Gasteiger partial charge in [0.05, 0.1) is 12.1 Å². The topological polar surface area (TPSA) is 67.8 Å². The number of hydrogen-bond acceptors (Lipinski definition) is 4. The Hall–Kier alpha value is -1.61. The summed E-state index contributed by atoms with van der Waals surface area (Å²) in [6.07, 6.45) is 4.44. The summed E-state index contributed by atoms with van der Waals surface area (Å²) in [6, 6.07) is -0.454. The molecule has 0 heterocycles. The van der Waals surface area contributed by atoms with E-state index in [-0.39, 0.29) is 12.1 Å². The number of rotatable bonds is 2. The summed E-state index contributed by atoms with van der Waals surface area (Å²) in [5, 5.41) is 2.75. The quantitative estimate of drug-likeness (QED) is 0.466. The molecule has 0 unspecified atom stereocenters. The van der Waals surface area contributed by atoms with Gasteiger partial charge in [0.2, 0.25) is 6.08 Å². The van der Waals surface area contributed by atoms with Crippen molar-refractivity contribution in [2.24, 2.45) is 4.99 Å². The van der Waals surface area contributed by atoms with E-state index >= 15 is 0 Å². The molecule has 1 amide bonds. The smallest absolute Gasteiger partial charge is 0.407 e. The van der Waals surface area contributed by atoms with E-state index in [2.05, 4.69) is 10.3 Å². The molecule has 0 aromatic carbocycles. The Labute approximate surface area is 107 Å². The van der Waals surface area contributed by atoms with Crippen molar-refractivity contribution < 1.29 is 14.3 Å². The lowest BCUT2D eigenvalue weighted by molar-refractivity contribution is 0.0495. The van der Waals surface area contributed by atoms with Gasteiger partial charge in [0.15, 0.2) is 0 Å². The van der Waals surface area contributed by atoms with E-state index in [1.807, 2.05) is 13.0 Å². The van der Waals surface area contributed by atoms with Crippen LogP contribution in [0.3, 0.4) is 0 Å². The third-order valence-corrected chi connectivity index (χ3v) is 2.64. The average Bonchev–Trinajstić information content (AvgIpc) is 2.20. The maximum atomic E-state index is 11.7. The van der Waals surface area contributed by atoms with Crippen molar-refractivity contribution in [3.05, 3.63) is 11.6 Å². The molecule has 100 valence electrons. The van der Waals surface area contributed by atoms with Crippen molar-refractivity contribution >= 4 is 12.2 Å². The van der Waals surface area contributed by atoms with Gasteiger partial charge >= 0.3 is 6.09 Å². The minimum absolute atomic E-state index is 0.204. The predicted molar refractivity (Wildman–Crippen MR) is 68.1 cm³/mol. The predicted octanol–water partition coefficient (Wildman–Crippen LogP) is 2.32. The highest BCUT2D eigenvalue weighted by Crippen LogP contribution is 2.21. The van der Waals surface area contributed by atoms with Gasteiger partial charge in [-0.25, -0.2) is 14.6 Å². The lowest BCUT2D eigenvalue weighted by Gasteiger charge is -2.28. The van der Waals surface area contributed by atoms with Crippen LogP contribution in [-0.4, -0.2) is 29.9 Å². The molecule has 1 rings (SSSR count). The zero-order valence-electron chi connectivity index (χ0n) is 11.3. The largest absolute Gasteiger partial charge is 0.444 e. The normalized spacial score (nSPS) is 23.7. The highest BCUT2D eigenvalue weighted by Gasteiger charge is 2.27. The van der Waals surface area contributed by atoms with E-state index in [9.17, 15) is 9.59 Å². The summed E-state index contributed by atoms with van der Waals surface area (Å²) >= 11 is 0. The first kappa shape index (κ1) is 14.5. The maximum absolute atomic E-state index is 11.7. The molecule has 0 radical (unpaired) electrons. The molecule has 0 saturated carbocycles. The zero-order chi connectivity index (χ0) is 13.8. The second-order valence-electron chi connectivity index (χ2n) is 5.53. The zero-order valence-corrected chi connectivity index (χ0v) is 11.3. The first-order valence-electron chi connectivity index (χ1n) is 6.04. The molecule has 0 saturated heterocycles. The second kappa shape index (κ2) is 5.83. The fourth-order valence-corrected chi connectivity index (χ4v) is 1.86. The molecule has 0 aromatic heterocycles. The van der Waals surface area contributed by atoms with Crippen LogP contribution < -0.4 is 5.32 Å². The number of nitrogens with zero attached hydrogens (tertiary/aromatic N) is 1. The van der Waals surface area contributed by atoms with Gasteiger partial charge in [-0.15, -0.1) is 0 Å². The molecule has 0 aliphatic heterocycles. The maximum Gasteiger partial charge on any atom is 0.407 e. The average molecular weight is 252 g/mol. The van der Waals surface area contributed by atoms with Gasteiger partial charge in [0.1, 0.15) is 5.60 Å². The Morgan fingerprint density at radius 2 is 2.22 bits per heavy atom.